The van der Waals surface area contributed by atoms with Crippen LogP contribution in [0.3, 0.4) is 0 Å². The first-order valence-corrected chi connectivity index (χ1v) is 12.8. The van der Waals surface area contributed by atoms with Gasteiger partial charge >= 0.3 is 5.97 Å². The number of likely N-dealkylation sites (tertiary alicyclic amines) is 1. The van der Waals surface area contributed by atoms with Crippen molar-refractivity contribution in [3.8, 4) is 0 Å². The fourth-order valence-corrected chi connectivity index (χ4v) is 6.18. The number of hydrogen-bond donors (Lipinski definition) is 1. The van der Waals surface area contributed by atoms with Crippen molar-refractivity contribution < 1.29 is 9.53 Å². The van der Waals surface area contributed by atoms with E-state index in [9.17, 15) is 4.79 Å². The molecule has 35 heavy (non-hydrogen) atoms. The van der Waals surface area contributed by atoms with Gasteiger partial charge in [0.15, 0.2) is 17.3 Å². The lowest BCUT2D eigenvalue weighted by atomic mass is 9.96. The zero-order valence-corrected chi connectivity index (χ0v) is 21.5. The van der Waals surface area contributed by atoms with Crippen LogP contribution in [0.1, 0.15) is 53.5 Å². The molecule has 3 aliphatic rings. The Morgan fingerprint density at radius 2 is 1.80 bits per heavy atom. The Kier molecular flexibility index (Phi) is 6.44. The van der Waals surface area contributed by atoms with Crippen LogP contribution in [0, 0.1) is 19.8 Å². The van der Waals surface area contributed by atoms with Crippen LogP contribution in [-0.4, -0.2) is 77.2 Å². The number of methoxy groups -OCH3 is 1. The number of esters is 1. The Morgan fingerprint density at radius 1 is 1.11 bits per heavy atom. The van der Waals surface area contributed by atoms with E-state index in [4.69, 9.17) is 10.5 Å². The molecule has 1 aliphatic carbocycles. The van der Waals surface area contributed by atoms with Gasteiger partial charge in [0, 0.05) is 37.8 Å². The van der Waals surface area contributed by atoms with Crippen molar-refractivity contribution in [2.24, 2.45) is 5.92 Å². The van der Waals surface area contributed by atoms with Crippen LogP contribution < -0.4 is 10.6 Å². The number of hydrogen-bond acceptors (Lipinski definition) is 8. The molecule has 2 N–H and O–H groups in total. The molecule has 0 amide bonds. The van der Waals surface area contributed by atoms with E-state index in [2.05, 4.69) is 62.8 Å². The summed E-state index contributed by atoms with van der Waals surface area (Å²) in [6, 6.07) is 9.58. The summed E-state index contributed by atoms with van der Waals surface area (Å²) in [6.07, 6.45) is 3.66. The summed E-state index contributed by atoms with van der Waals surface area (Å²) in [6.45, 7) is 12.6. The molecule has 8 heteroatoms. The molecule has 1 aromatic heterocycles. The minimum absolute atomic E-state index is 0.0966. The maximum Gasteiger partial charge on any atom is 0.360 e. The number of aryl methyl sites for hydroxylation is 2. The number of carbonyl (C=O) groups is 1. The first kappa shape index (κ1) is 24.0. The van der Waals surface area contributed by atoms with Crippen LogP contribution in [0.25, 0.3) is 0 Å². The minimum atomic E-state index is -0.546. The largest absolute Gasteiger partial charge is 0.464 e. The van der Waals surface area contributed by atoms with Gasteiger partial charge in [0.2, 0.25) is 0 Å². The van der Waals surface area contributed by atoms with Crippen LogP contribution in [0.2, 0.25) is 0 Å². The fourth-order valence-electron chi connectivity index (χ4n) is 6.18. The Labute approximate surface area is 208 Å². The number of rotatable bonds is 5. The van der Waals surface area contributed by atoms with Crippen molar-refractivity contribution in [3.05, 3.63) is 46.8 Å². The second-order valence-electron chi connectivity index (χ2n) is 10.7. The number of aromatic nitrogens is 2. The van der Waals surface area contributed by atoms with E-state index in [1.807, 2.05) is 6.92 Å². The number of ether oxygens (including phenoxy) is 1. The molecule has 1 saturated carbocycles. The first-order chi connectivity index (χ1) is 16.8. The molecule has 5 rings (SSSR count). The molecule has 8 nitrogen and oxygen atoms in total. The molecule has 1 spiro atoms. The fraction of sp³-hybridized carbons (Fsp3) is 0.593. The number of carbonyl (C=O) groups excluding carboxylic acids is 1. The number of piperidine rings is 1. The lowest BCUT2D eigenvalue weighted by Gasteiger charge is -2.49. The lowest BCUT2D eigenvalue weighted by Crippen LogP contribution is -2.61. The summed E-state index contributed by atoms with van der Waals surface area (Å²) in [5, 5.41) is 0. The van der Waals surface area contributed by atoms with E-state index in [-0.39, 0.29) is 17.1 Å². The first-order valence-electron chi connectivity index (χ1n) is 12.8. The van der Waals surface area contributed by atoms with Gasteiger partial charge in [-0.25, -0.2) is 14.8 Å². The molecule has 0 radical (unpaired) electrons. The summed E-state index contributed by atoms with van der Waals surface area (Å²) >= 11 is 0. The van der Waals surface area contributed by atoms with Crippen LogP contribution in [0.5, 0.6) is 0 Å². The molecule has 2 saturated heterocycles. The third-order valence-corrected chi connectivity index (χ3v) is 8.34. The van der Waals surface area contributed by atoms with Crippen molar-refractivity contribution in [2.75, 3.05) is 50.5 Å². The molecule has 2 unspecified atom stereocenters. The van der Waals surface area contributed by atoms with E-state index in [0.29, 0.717) is 12.0 Å². The second-order valence-corrected chi connectivity index (χ2v) is 10.7. The summed E-state index contributed by atoms with van der Waals surface area (Å²) < 4.78 is 4.80. The van der Waals surface area contributed by atoms with Crippen LogP contribution in [0.4, 0.5) is 11.6 Å². The average Bonchev–Trinajstić information content (AvgIpc) is 3.49. The van der Waals surface area contributed by atoms with Crippen molar-refractivity contribution in [1.82, 2.24) is 19.8 Å². The van der Waals surface area contributed by atoms with Gasteiger partial charge in [-0.05, 0) is 57.7 Å². The van der Waals surface area contributed by atoms with E-state index in [0.717, 1.165) is 50.8 Å². The molecule has 1 aromatic carbocycles. The van der Waals surface area contributed by atoms with Gasteiger partial charge in [-0.1, -0.05) is 36.8 Å². The topological polar surface area (TPSA) is 87.8 Å². The van der Waals surface area contributed by atoms with E-state index < -0.39 is 5.97 Å². The van der Waals surface area contributed by atoms with Crippen molar-refractivity contribution >= 4 is 17.6 Å². The number of anilines is 2. The zero-order chi connectivity index (χ0) is 24.7. The molecule has 0 bridgehead atoms. The molecule has 3 fully saturated rings. The van der Waals surface area contributed by atoms with E-state index >= 15 is 0 Å². The highest BCUT2D eigenvalue weighted by atomic mass is 16.5. The van der Waals surface area contributed by atoms with Gasteiger partial charge in [0.25, 0.3) is 0 Å². The zero-order valence-electron chi connectivity index (χ0n) is 21.5. The van der Waals surface area contributed by atoms with Gasteiger partial charge in [-0.15, -0.1) is 0 Å². The number of piperazine rings is 1. The Hall–Kier alpha value is -2.71. The van der Waals surface area contributed by atoms with Crippen LogP contribution >= 0.6 is 0 Å². The smallest absolute Gasteiger partial charge is 0.360 e. The predicted octanol–water partition coefficient (Wildman–Crippen LogP) is 3.03. The molecule has 2 aromatic rings. The van der Waals surface area contributed by atoms with Gasteiger partial charge in [-0.2, -0.15) is 0 Å². The average molecular weight is 479 g/mol. The summed E-state index contributed by atoms with van der Waals surface area (Å²) in [4.78, 5) is 28.7. The summed E-state index contributed by atoms with van der Waals surface area (Å²) in [7, 11) is 1.33. The van der Waals surface area contributed by atoms with Crippen LogP contribution in [-0.2, 0) is 11.3 Å². The second kappa shape index (κ2) is 9.39. The highest BCUT2D eigenvalue weighted by Crippen LogP contribution is 2.52. The Balaban J connectivity index is 1.24. The molecule has 2 aliphatic heterocycles. The normalized spacial score (nSPS) is 25.7. The van der Waals surface area contributed by atoms with E-state index in [1.165, 1.54) is 37.5 Å². The van der Waals surface area contributed by atoms with Crippen molar-refractivity contribution in [1.29, 1.82) is 0 Å². The Morgan fingerprint density at radius 3 is 2.43 bits per heavy atom. The third kappa shape index (κ3) is 4.61. The molecule has 3 heterocycles. The number of nitrogens with two attached hydrogens (primary N) is 1. The number of nitrogen functional groups attached to an aromatic ring is 1. The minimum Gasteiger partial charge on any atom is -0.464 e. The monoisotopic (exact) mass is 478 g/mol. The van der Waals surface area contributed by atoms with Crippen molar-refractivity contribution in [2.45, 2.75) is 58.2 Å². The molecular formula is C27H38N6O2. The molecule has 188 valence electrons. The quantitative estimate of drug-likeness (QED) is 0.656. The van der Waals surface area contributed by atoms with Gasteiger partial charge in [0.1, 0.15) is 0 Å². The highest BCUT2D eigenvalue weighted by molar-refractivity contribution is 5.92. The number of nitrogens with zero attached hydrogens (tertiary/aromatic N) is 5. The van der Waals surface area contributed by atoms with Gasteiger partial charge in [0.05, 0.1) is 12.8 Å². The van der Waals surface area contributed by atoms with Gasteiger partial charge < -0.3 is 15.4 Å². The lowest BCUT2D eigenvalue weighted by molar-refractivity contribution is 0.0452. The van der Waals surface area contributed by atoms with Crippen LogP contribution in [0.15, 0.2) is 24.3 Å². The summed E-state index contributed by atoms with van der Waals surface area (Å²) in [5.74, 6) is 1.05. The third-order valence-electron chi connectivity index (χ3n) is 8.34. The van der Waals surface area contributed by atoms with Gasteiger partial charge in [-0.3, -0.25) is 9.80 Å². The predicted molar refractivity (Wildman–Crippen MR) is 137 cm³/mol. The van der Waals surface area contributed by atoms with Crippen molar-refractivity contribution in [3.63, 3.8) is 0 Å². The SMILES string of the molecule is COC(=O)c1nc(C)c(N2CCN(C3CCN(Cc4ccc(C)cc4)CC3)C3(CC3C)C2)nc1N. The maximum absolute atomic E-state index is 12.0. The summed E-state index contributed by atoms with van der Waals surface area (Å²) in [5.41, 5.74) is 9.83. The van der Waals surface area contributed by atoms with E-state index in [1.54, 1.807) is 0 Å². The highest BCUT2D eigenvalue weighted by Gasteiger charge is 2.59. The Bertz CT molecular complexity index is 1080. The molecule has 2 atom stereocenters. The number of benzene rings is 1. The molecular weight excluding hydrogens is 440 g/mol. The standard InChI is InChI=1S/C27H38N6O2/c1-18-5-7-21(8-6-18)16-31-11-9-22(10-12-31)33-14-13-32(17-27(33)15-19(27)2)25-20(3)29-23(24(28)30-25)26(34)35-4/h5-8,19,22H,9-17H2,1-4H3,(H2,28,30). The maximum atomic E-state index is 12.0.